The monoisotopic (exact) mass is 448 g/mol. The van der Waals surface area contributed by atoms with Gasteiger partial charge in [-0.2, -0.15) is 0 Å². The molecule has 1 aliphatic heterocycles. The third-order valence-electron chi connectivity index (χ3n) is 5.32. The van der Waals surface area contributed by atoms with Gasteiger partial charge in [0.1, 0.15) is 11.5 Å². The topological polar surface area (TPSA) is 78.1 Å². The van der Waals surface area contributed by atoms with Crippen LogP contribution in [0.4, 0.5) is 10.5 Å². The van der Waals surface area contributed by atoms with Gasteiger partial charge in [-0.05, 0) is 79.4 Å². The number of anilines is 1. The van der Waals surface area contributed by atoms with E-state index in [4.69, 9.17) is 18.9 Å². The van der Waals surface area contributed by atoms with Gasteiger partial charge in [0.2, 0.25) is 6.79 Å². The maximum atomic E-state index is 12.8. The zero-order valence-corrected chi connectivity index (χ0v) is 18.8. The van der Waals surface area contributed by atoms with E-state index >= 15 is 0 Å². The summed E-state index contributed by atoms with van der Waals surface area (Å²) in [4.78, 5) is 12.8. The number of fused-ring (bicyclic) bond motifs is 1. The van der Waals surface area contributed by atoms with Crippen LogP contribution in [0.1, 0.15) is 18.1 Å². The van der Waals surface area contributed by atoms with E-state index in [1.54, 1.807) is 7.11 Å². The first-order valence-electron chi connectivity index (χ1n) is 10.9. The van der Waals surface area contributed by atoms with Gasteiger partial charge in [-0.15, -0.1) is 0 Å². The summed E-state index contributed by atoms with van der Waals surface area (Å²) in [6, 6.07) is 20.6. The predicted octanol–water partition coefficient (Wildman–Crippen LogP) is 4.80. The number of carbonyl (C=O) groups is 1. The van der Waals surface area contributed by atoms with E-state index in [0.29, 0.717) is 25.1 Å². The predicted molar refractivity (Wildman–Crippen MR) is 127 cm³/mol. The molecule has 0 unspecified atom stereocenters. The van der Waals surface area contributed by atoms with Crippen molar-refractivity contribution in [3.63, 3.8) is 0 Å². The van der Waals surface area contributed by atoms with Gasteiger partial charge in [0.05, 0.1) is 13.7 Å². The van der Waals surface area contributed by atoms with Gasteiger partial charge in [-0.25, -0.2) is 4.79 Å². The second-order valence-electron chi connectivity index (χ2n) is 7.70. The Bertz CT molecular complexity index is 1070. The Morgan fingerprint density at radius 3 is 2.30 bits per heavy atom. The van der Waals surface area contributed by atoms with Gasteiger partial charge in [0.25, 0.3) is 0 Å². The van der Waals surface area contributed by atoms with Crippen LogP contribution < -0.4 is 29.6 Å². The van der Waals surface area contributed by atoms with E-state index in [9.17, 15) is 4.79 Å². The lowest BCUT2D eigenvalue weighted by Crippen LogP contribution is -2.40. The second kappa shape index (κ2) is 10.6. The molecule has 0 aliphatic carbocycles. The van der Waals surface area contributed by atoms with Crippen molar-refractivity contribution in [3.05, 3.63) is 77.9 Å². The van der Waals surface area contributed by atoms with Gasteiger partial charge < -0.3 is 29.6 Å². The molecule has 1 heterocycles. The molecule has 4 rings (SSSR count). The third kappa shape index (κ3) is 6.10. The van der Waals surface area contributed by atoms with Crippen LogP contribution in [-0.4, -0.2) is 32.6 Å². The Hall–Kier alpha value is -3.87. The van der Waals surface area contributed by atoms with Crippen molar-refractivity contribution >= 4 is 11.7 Å². The number of hydrogen-bond acceptors (Lipinski definition) is 5. The van der Waals surface area contributed by atoms with Crippen molar-refractivity contribution in [2.24, 2.45) is 0 Å². The number of rotatable bonds is 9. The number of nitrogens with one attached hydrogen (secondary N) is 2. The van der Waals surface area contributed by atoms with Crippen molar-refractivity contribution in [1.82, 2.24) is 5.32 Å². The number of methoxy groups -OCH3 is 1. The molecule has 3 aromatic carbocycles. The fourth-order valence-corrected chi connectivity index (χ4v) is 3.73. The fraction of sp³-hybridized carbons (Fsp3) is 0.269. The molecule has 1 atom stereocenters. The highest BCUT2D eigenvalue weighted by atomic mass is 16.7. The van der Waals surface area contributed by atoms with Crippen LogP contribution in [0, 0.1) is 0 Å². The normalized spacial score (nSPS) is 12.7. The van der Waals surface area contributed by atoms with Crippen LogP contribution in [0.3, 0.4) is 0 Å². The molecule has 0 aromatic heterocycles. The summed E-state index contributed by atoms with van der Waals surface area (Å²) in [5.41, 5.74) is 2.85. The minimum Gasteiger partial charge on any atom is -0.497 e. The van der Waals surface area contributed by atoms with Crippen molar-refractivity contribution in [3.8, 4) is 23.0 Å². The summed E-state index contributed by atoms with van der Waals surface area (Å²) in [6.45, 7) is 2.76. The molecule has 2 amide bonds. The highest BCUT2D eigenvalue weighted by molar-refractivity contribution is 5.89. The Labute approximate surface area is 193 Å². The summed E-state index contributed by atoms with van der Waals surface area (Å²) in [6.07, 6.45) is 1.30. The highest BCUT2D eigenvalue weighted by Crippen LogP contribution is 2.33. The largest absolute Gasteiger partial charge is 0.497 e. The van der Waals surface area contributed by atoms with Crippen molar-refractivity contribution in [1.29, 1.82) is 0 Å². The summed E-state index contributed by atoms with van der Waals surface area (Å²) < 4.78 is 21.6. The molecular weight excluding hydrogens is 420 g/mol. The maximum absolute atomic E-state index is 12.8. The van der Waals surface area contributed by atoms with Crippen LogP contribution in [0.2, 0.25) is 0 Å². The van der Waals surface area contributed by atoms with Gasteiger partial charge in [-0.1, -0.05) is 18.2 Å². The first kappa shape index (κ1) is 22.3. The first-order valence-corrected chi connectivity index (χ1v) is 10.9. The maximum Gasteiger partial charge on any atom is 0.319 e. The molecule has 2 N–H and O–H groups in total. The van der Waals surface area contributed by atoms with Gasteiger partial charge in [-0.3, -0.25) is 0 Å². The molecule has 0 bridgehead atoms. The Kier molecular flexibility index (Phi) is 7.19. The van der Waals surface area contributed by atoms with Crippen LogP contribution in [0.5, 0.6) is 23.0 Å². The average Bonchev–Trinajstić information content (AvgIpc) is 3.29. The van der Waals surface area contributed by atoms with Crippen LogP contribution >= 0.6 is 0 Å². The standard InChI is InChI=1S/C26H28N2O5/c1-3-31-23-11-7-20(8-12-23)27-26(29)28-21(14-18-4-9-22(30-2)10-5-18)15-19-6-13-24-25(16-19)33-17-32-24/h4-13,16,21H,3,14-15,17H2,1-2H3,(H2,27,28,29)/t21-/m0/s1. The molecule has 0 spiro atoms. The van der Waals surface area contributed by atoms with E-state index in [1.807, 2.05) is 73.7 Å². The molecule has 7 nitrogen and oxygen atoms in total. The van der Waals surface area contributed by atoms with E-state index in [1.165, 1.54) is 0 Å². The zero-order chi connectivity index (χ0) is 23.0. The lowest BCUT2D eigenvalue weighted by molar-refractivity contribution is 0.174. The lowest BCUT2D eigenvalue weighted by atomic mass is 9.98. The van der Waals surface area contributed by atoms with Crippen LogP contribution in [0.15, 0.2) is 66.7 Å². The number of amides is 2. The van der Waals surface area contributed by atoms with E-state index < -0.39 is 0 Å². The quantitative estimate of drug-likeness (QED) is 0.492. The zero-order valence-electron chi connectivity index (χ0n) is 18.8. The molecule has 0 fully saturated rings. The highest BCUT2D eigenvalue weighted by Gasteiger charge is 2.18. The third-order valence-corrected chi connectivity index (χ3v) is 5.32. The Morgan fingerprint density at radius 2 is 1.58 bits per heavy atom. The molecule has 0 saturated heterocycles. The van der Waals surface area contributed by atoms with Crippen LogP contribution in [0.25, 0.3) is 0 Å². The minimum atomic E-state index is -0.265. The molecule has 172 valence electrons. The molecule has 3 aromatic rings. The van der Waals surface area contributed by atoms with E-state index in [-0.39, 0.29) is 18.9 Å². The number of carbonyl (C=O) groups excluding carboxylic acids is 1. The summed E-state index contributed by atoms with van der Waals surface area (Å²) in [5.74, 6) is 3.04. The first-order chi connectivity index (χ1) is 16.1. The van der Waals surface area contributed by atoms with Gasteiger partial charge in [0, 0.05) is 11.7 Å². The molecule has 33 heavy (non-hydrogen) atoms. The molecule has 0 saturated carbocycles. The lowest BCUT2D eigenvalue weighted by Gasteiger charge is -2.20. The summed E-state index contributed by atoms with van der Waals surface area (Å²) in [5, 5.41) is 6.02. The van der Waals surface area contributed by atoms with Crippen molar-refractivity contribution < 1.29 is 23.7 Å². The number of urea groups is 1. The number of hydrogen-bond donors (Lipinski definition) is 2. The van der Waals surface area contributed by atoms with E-state index in [2.05, 4.69) is 10.6 Å². The molecule has 7 heteroatoms. The molecule has 0 radical (unpaired) electrons. The van der Waals surface area contributed by atoms with Gasteiger partial charge in [0.15, 0.2) is 11.5 Å². The van der Waals surface area contributed by atoms with Gasteiger partial charge >= 0.3 is 6.03 Å². The van der Waals surface area contributed by atoms with Crippen molar-refractivity contribution in [2.75, 3.05) is 25.8 Å². The molecular formula is C26H28N2O5. The SMILES string of the molecule is CCOc1ccc(NC(=O)N[C@@H](Cc2ccc(OC)cc2)Cc2ccc3c(c2)OCO3)cc1. The minimum absolute atomic E-state index is 0.138. The smallest absolute Gasteiger partial charge is 0.319 e. The summed E-state index contributed by atoms with van der Waals surface area (Å²) in [7, 11) is 1.64. The Morgan fingerprint density at radius 1 is 0.909 bits per heavy atom. The summed E-state index contributed by atoms with van der Waals surface area (Å²) >= 11 is 0. The number of benzene rings is 3. The van der Waals surface area contributed by atoms with Crippen LogP contribution in [-0.2, 0) is 12.8 Å². The average molecular weight is 449 g/mol. The number of ether oxygens (including phenoxy) is 4. The second-order valence-corrected chi connectivity index (χ2v) is 7.70. The van der Waals surface area contributed by atoms with E-state index in [0.717, 1.165) is 34.1 Å². The molecule has 1 aliphatic rings. The van der Waals surface area contributed by atoms with Crippen molar-refractivity contribution in [2.45, 2.75) is 25.8 Å². The Balaban J connectivity index is 1.45. The fourth-order valence-electron chi connectivity index (χ4n) is 3.73.